The Labute approximate surface area is 168 Å². The number of carbonyl (C=O) groups is 1. The fraction of sp³-hybridized carbons (Fsp3) is 0.235. The topological polar surface area (TPSA) is 75.3 Å². The number of amides is 1. The molecular weight excluding hydrogens is 440 g/mol. The summed E-state index contributed by atoms with van der Waals surface area (Å²) < 4.78 is 65.8. The minimum Gasteiger partial charge on any atom is -0.349 e. The number of anilines is 1. The Hall–Kier alpha value is -1.97. The van der Waals surface area contributed by atoms with Gasteiger partial charge in [-0.3, -0.25) is 9.52 Å². The molecule has 0 aliphatic heterocycles. The second-order valence-corrected chi connectivity index (χ2v) is 8.66. The number of sulfonamides is 1. The summed E-state index contributed by atoms with van der Waals surface area (Å²) in [6.07, 6.45) is -2.99. The molecule has 1 fully saturated rings. The third-order valence-electron chi connectivity index (χ3n) is 3.91. The van der Waals surface area contributed by atoms with Gasteiger partial charge in [-0.25, -0.2) is 8.42 Å². The molecule has 0 unspecified atom stereocenters. The number of rotatable bonds is 5. The molecule has 5 nitrogen and oxygen atoms in total. The molecule has 1 aliphatic carbocycles. The number of hydrogen-bond acceptors (Lipinski definition) is 3. The summed E-state index contributed by atoms with van der Waals surface area (Å²) in [6, 6.07) is 5.82. The second kappa shape index (κ2) is 7.46. The van der Waals surface area contributed by atoms with E-state index in [1.165, 1.54) is 0 Å². The van der Waals surface area contributed by atoms with Crippen molar-refractivity contribution in [1.29, 1.82) is 0 Å². The third kappa shape index (κ3) is 4.71. The number of carbonyl (C=O) groups excluding carboxylic acids is 1. The standard InChI is InChI=1S/C17H13Cl2F3N2O3S/c18-13-8-14(19)15(7-12(13)16(25)23-10-4-5-10)28(26,27)24-11-3-1-2-9(6-11)17(20,21)22/h1-3,6-8,10,24H,4-5H2,(H,23,25). The molecule has 150 valence electrons. The molecule has 0 aromatic heterocycles. The predicted octanol–water partition coefficient (Wildman–Crippen LogP) is 4.71. The lowest BCUT2D eigenvalue weighted by Gasteiger charge is -2.14. The molecule has 0 spiro atoms. The average molecular weight is 453 g/mol. The Morgan fingerprint density at radius 1 is 1.07 bits per heavy atom. The molecule has 0 heterocycles. The van der Waals surface area contributed by atoms with Gasteiger partial charge in [0.1, 0.15) is 4.90 Å². The highest BCUT2D eigenvalue weighted by Crippen LogP contribution is 2.33. The van der Waals surface area contributed by atoms with E-state index < -0.39 is 32.6 Å². The van der Waals surface area contributed by atoms with Gasteiger partial charge in [-0.05, 0) is 43.2 Å². The van der Waals surface area contributed by atoms with Crippen molar-refractivity contribution in [2.75, 3.05) is 4.72 Å². The van der Waals surface area contributed by atoms with Gasteiger partial charge in [0.2, 0.25) is 0 Å². The van der Waals surface area contributed by atoms with Crippen LogP contribution in [0.2, 0.25) is 10.0 Å². The molecule has 1 saturated carbocycles. The quantitative estimate of drug-likeness (QED) is 0.689. The van der Waals surface area contributed by atoms with Crippen molar-refractivity contribution in [3.8, 4) is 0 Å². The van der Waals surface area contributed by atoms with Crippen LogP contribution in [0.25, 0.3) is 0 Å². The molecule has 1 amide bonds. The van der Waals surface area contributed by atoms with E-state index in [1.54, 1.807) is 0 Å². The van der Waals surface area contributed by atoms with Gasteiger partial charge in [-0.1, -0.05) is 29.3 Å². The van der Waals surface area contributed by atoms with Crippen LogP contribution in [0.15, 0.2) is 41.3 Å². The fourth-order valence-electron chi connectivity index (χ4n) is 2.37. The van der Waals surface area contributed by atoms with Crippen molar-refractivity contribution in [3.05, 3.63) is 57.6 Å². The summed E-state index contributed by atoms with van der Waals surface area (Å²) in [4.78, 5) is 11.8. The molecule has 2 N–H and O–H groups in total. The summed E-state index contributed by atoms with van der Waals surface area (Å²) in [5.74, 6) is -0.556. The van der Waals surface area contributed by atoms with Crippen LogP contribution in [-0.2, 0) is 16.2 Å². The fourth-order valence-corrected chi connectivity index (χ4v) is 4.28. The molecule has 11 heteroatoms. The zero-order valence-corrected chi connectivity index (χ0v) is 16.3. The molecule has 0 saturated heterocycles. The van der Waals surface area contributed by atoms with Crippen LogP contribution >= 0.6 is 23.2 Å². The van der Waals surface area contributed by atoms with E-state index in [0.717, 1.165) is 43.2 Å². The van der Waals surface area contributed by atoms with Gasteiger partial charge in [-0.15, -0.1) is 0 Å². The smallest absolute Gasteiger partial charge is 0.349 e. The second-order valence-electron chi connectivity index (χ2n) is 6.19. The van der Waals surface area contributed by atoms with Crippen molar-refractivity contribution < 1.29 is 26.4 Å². The third-order valence-corrected chi connectivity index (χ3v) is 6.07. The van der Waals surface area contributed by atoms with E-state index in [0.29, 0.717) is 6.07 Å². The van der Waals surface area contributed by atoms with Crippen molar-refractivity contribution in [2.45, 2.75) is 30.0 Å². The van der Waals surface area contributed by atoms with E-state index in [2.05, 4.69) is 5.32 Å². The van der Waals surface area contributed by atoms with Crippen molar-refractivity contribution in [2.24, 2.45) is 0 Å². The predicted molar refractivity (Wildman–Crippen MR) is 99.2 cm³/mol. The summed E-state index contributed by atoms with van der Waals surface area (Å²) in [5, 5.41) is 2.36. The van der Waals surface area contributed by atoms with E-state index in [-0.39, 0.29) is 27.3 Å². The average Bonchev–Trinajstić information content (AvgIpc) is 3.37. The summed E-state index contributed by atoms with van der Waals surface area (Å²) in [7, 11) is -4.38. The highest BCUT2D eigenvalue weighted by Gasteiger charge is 2.31. The maximum Gasteiger partial charge on any atom is 0.416 e. The van der Waals surface area contributed by atoms with Crippen LogP contribution < -0.4 is 10.0 Å². The van der Waals surface area contributed by atoms with Crippen LogP contribution in [0.3, 0.4) is 0 Å². The maximum atomic E-state index is 12.8. The zero-order chi connectivity index (χ0) is 20.7. The van der Waals surface area contributed by atoms with E-state index in [9.17, 15) is 26.4 Å². The van der Waals surface area contributed by atoms with Crippen LogP contribution in [-0.4, -0.2) is 20.4 Å². The monoisotopic (exact) mass is 452 g/mol. The van der Waals surface area contributed by atoms with Crippen molar-refractivity contribution in [3.63, 3.8) is 0 Å². The molecule has 2 aromatic rings. The first kappa shape index (κ1) is 20.8. The summed E-state index contributed by atoms with van der Waals surface area (Å²) >= 11 is 12.0. The Balaban J connectivity index is 1.94. The van der Waals surface area contributed by atoms with Crippen molar-refractivity contribution >= 4 is 44.8 Å². The molecule has 3 rings (SSSR count). The van der Waals surface area contributed by atoms with Crippen LogP contribution in [0.4, 0.5) is 18.9 Å². The van der Waals surface area contributed by atoms with Crippen LogP contribution in [0.5, 0.6) is 0 Å². The molecule has 0 radical (unpaired) electrons. The minimum absolute atomic E-state index is 0.0162. The van der Waals surface area contributed by atoms with Crippen molar-refractivity contribution in [1.82, 2.24) is 5.32 Å². The first-order chi connectivity index (χ1) is 13.0. The highest BCUT2D eigenvalue weighted by atomic mass is 35.5. The minimum atomic E-state index is -4.63. The Morgan fingerprint density at radius 2 is 1.75 bits per heavy atom. The van der Waals surface area contributed by atoms with Gasteiger partial charge < -0.3 is 5.32 Å². The summed E-state index contributed by atoms with van der Waals surface area (Å²) in [5.41, 5.74) is -1.41. The van der Waals surface area contributed by atoms with Gasteiger partial charge in [0.15, 0.2) is 0 Å². The summed E-state index contributed by atoms with van der Waals surface area (Å²) in [6.45, 7) is 0. The van der Waals surface area contributed by atoms with Crippen LogP contribution in [0.1, 0.15) is 28.8 Å². The number of alkyl halides is 3. The Bertz CT molecular complexity index is 1040. The van der Waals surface area contributed by atoms with E-state index in [1.807, 2.05) is 4.72 Å². The van der Waals surface area contributed by atoms with Crippen LogP contribution in [0, 0.1) is 0 Å². The van der Waals surface area contributed by atoms with E-state index in [4.69, 9.17) is 23.2 Å². The molecular formula is C17H13Cl2F3N2O3S. The molecule has 0 bridgehead atoms. The zero-order valence-electron chi connectivity index (χ0n) is 14.0. The molecule has 28 heavy (non-hydrogen) atoms. The van der Waals surface area contributed by atoms with Gasteiger partial charge in [0.25, 0.3) is 15.9 Å². The Kier molecular flexibility index (Phi) is 5.53. The highest BCUT2D eigenvalue weighted by molar-refractivity contribution is 7.92. The number of nitrogens with one attached hydrogen (secondary N) is 2. The van der Waals surface area contributed by atoms with Gasteiger partial charge in [0, 0.05) is 11.7 Å². The first-order valence-corrected chi connectivity index (χ1v) is 10.2. The van der Waals surface area contributed by atoms with Gasteiger partial charge in [-0.2, -0.15) is 13.2 Å². The number of benzene rings is 2. The van der Waals surface area contributed by atoms with Gasteiger partial charge >= 0.3 is 6.18 Å². The number of halogens is 5. The maximum absolute atomic E-state index is 12.8. The Morgan fingerprint density at radius 3 is 2.36 bits per heavy atom. The molecule has 1 aliphatic rings. The lowest BCUT2D eigenvalue weighted by molar-refractivity contribution is -0.137. The largest absolute Gasteiger partial charge is 0.416 e. The lowest BCUT2D eigenvalue weighted by Crippen LogP contribution is -2.26. The van der Waals surface area contributed by atoms with E-state index >= 15 is 0 Å². The normalized spacial score (nSPS) is 14.6. The molecule has 0 atom stereocenters. The van der Waals surface area contributed by atoms with Gasteiger partial charge in [0.05, 0.1) is 21.2 Å². The molecule has 2 aromatic carbocycles. The number of hydrogen-bond donors (Lipinski definition) is 2. The first-order valence-electron chi connectivity index (χ1n) is 7.97. The lowest BCUT2D eigenvalue weighted by atomic mass is 10.2. The SMILES string of the molecule is O=C(NC1CC1)c1cc(S(=O)(=O)Nc2cccc(C(F)(F)F)c2)c(Cl)cc1Cl.